The van der Waals surface area contributed by atoms with Gasteiger partial charge in [0.15, 0.2) is 0 Å². The minimum atomic E-state index is -0.832. The van der Waals surface area contributed by atoms with Crippen LogP contribution >= 0.6 is 0 Å². The van der Waals surface area contributed by atoms with Gasteiger partial charge in [0.25, 0.3) is 0 Å². The van der Waals surface area contributed by atoms with Crippen molar-refractivity contribution in [3.05, 3.63) is 29.8 Å². The van der Waals surface area contributed by atoms with Gasteiger partial charge in [-0.1, -0.05) is 19.1 Å². The van der Waals surface area contributed by atoms with E-state index in [0.717, 1.165) is 12.2 Å². The number of hydrogen-bond acceptors (Lipinski definition) is 2. The number of carboxylic acid groups (broad SMARTS) is 1. The van der Waals surface area contributed by atoms with Crippen LogP contribution in [0.25, 0.3) is 0 Å². The van der Waals surface area contributed by atoms with Gasteiger partial charge in [0.1, 0.15) is 12.4 Å². The lowest BCUT2D eigenvalue weighted by atomic mass is 10.1. The van der Waals surface area contributed by atoms with E-state index in [9.17, 15) is 4.79 Å². The van der Waals surface area contributed by atoms with Crippen molar-refractivity contribution in [3.63, 3.8) is 0 Å². The summed E-state index contributed by atoms with van der Waals surface area (Å²) in [6, 6.07) is 7.72. The van der Waals surface area contributed by atoms with Gasteiger partial charge in [-0.05, 0) is 31.0 Å². The number of aryl methyl sites for hydroxylation is 1. The van der Waals surface area contributed by atoms with Gasteiger partial charge in [-0.25, -0.2) is 0 Å². The second-order valence-electron chi connectivity index (χ2n) is 3.55. The maximum atomic E-state index is 10.6. The van der Waals surface area contributed by atoms with Gasteiger partial charge in [-0.3, -0.25) is 4.79 Å². The van der Waals surface area contributed by atoms with Crippen LogP contribution in [0.3, 0.4) is 0 Å². The molecule has 1 rings (SSSR count). The standard InChI is InChI=1S/C12H16O3/c1-3-10-5-4-6-11(7-10)15-8-9(2)12(13)14/h4-7,9H,3,8H2,1-2H3,(H,13,14). The minimum absolute atomic E-state index is 0.211. The average molecular weight is 208 g/mol. The first-order chi connectivity index (χ1) is 7.13. The van der Waals surface area contributed by atoms with Gasteiger partial charge in [0, 0.05) is 0 Å². The van der Waals surface area contributed by atoms with Crippen molar-refractivity contribution in [2.45, 2.75) is 20.3 Å². The van der Waals surface area contributed by atoms with Gasteiger partial charge in [0.05, 0.1) is 5.92 Å². The monoisotopic (exact) mass is 208 g/mol. The third-order valence-electron chi connectivity index (χ3n) is 2.23. The van der Waals surface area contributed by atoms with Crippen LogP contribution in [-0.4, -0.2) is 17.7 Å². The number of benzene rings is 1. The van der Waals surface area contributed by atoms with Crippen molar-refractivity contribution >= 4 is 5.97 Å². The second-order valence-corrected chi connectivity index (χ2v) is 3.55. The normalized spacial score (nSPS) is 12.1. The summed E-state index contributed by atoms with van der Waals surface area (Å²) in [6.07, 6.45) is 0.950. The molecule has 0 amide bonds. The van der Waals surface area contributed by atoms with E-state index in [-0.39, 0.29) is 6.61 Å². The smallest absolute Gasteiger partial charge is 0.309 e. The summed E-state index contributed by atoms with van der Waals surface area (Å²) >= 11 is 0. The molecule has 15 heavy (non-hydrogen) atoms. The number of carboxylic acids is 1. The molecule has 0 aliphatic rings. The highest BCUT2D eigenvalue weighted by Gasteiger charge is 2.11. The summed E-state index contributed by atoms with van der Waals surface area (Å²) in [5.41, 5.74) is 1.19. The van der Waals surface area contributed by atoms with Crippen LogP contribution in [0.2, 0.25) is 0 Å². The molecule has 0 aliphatic carbocycles. The second kappa shape index (κ2) is 5.39. The van der Waals surface area contributed by atoms with Gasteiger partial charge in [-0.2, -0.15) is 0 Å². The molecule has 0 bridgehead atoms. The van der Waals surface area contributed by atoms with Crippen LogP contribution < -0.4 is 4.74 Å². The molecule has 1 N–H and O–H groups in total. The van der Waals surface area contributed by atoms with Gasteiger partial charge >= 0.3 is 5.97 Å². The predicted octanol–water partition coefficient (Wildman–Crippen LogP) is 2.35. The van der Waals surface area contributed by atoms with E-state index in [2.05, 4.69) is 6.92 Å². The van der Waals surface area contributed by atoms with Gasteiger partial charge in [-0.15, -0.1) is 0 Å². The SMILES string of the molecule is CCc1cccc(OCC(C)C(=O)O)c1. The molecular weight excluding hydrogens is 192 g/mol. The maximum absolute atomic E-state index is 10.6. The summed E-state index contributed by atoms with van der Waals surface area (Å²) in [5, 5.41) is 8.68. The molecule has 0 saturated heterocycles. The molecule has 0 saturated carbocycles. The fourth-order valence-electron chi connectivity index (χ4n) is 1.15. The van der Waals surface area contributed by atoms with Crippen LogP contribution in [0.4, 0.5) is 0 Å². The molecule has 0 radical (unpaired) electrons. The largest absolute Gasteiger partial charge is 0.493 e. The molecule has 3 heteroatoms. The molecule has 82 valence electrons. The Bertz CT molecular complexity index is 333. The zero-order chi connectivity index (χ0) is 11.3. The average Bonchev–Trinajstić information content (AvgIpc) is 2.26. The highest BCUT2D eigenvalue weighted by molar-refractivity contribution is 5.69. The molecule has 1 unspecified atom stereocenters. The first kappa shape index (κ1) is 11.6. The van der Waals surface area contributed by atoms with Crippen LogP contribution in [0.1, 0.15) is 19.4 Å². The lowest BCUT2D eigenvalue weighted by Crippen LogP contribution is -2.17. The van der Waals surface area contributed by atoms with Crippen LogP contribution in [-0.2, 0) is 11.2 Å². The topological polar surface area (TPSA) is 46.5 Å². The number of rotatable bonds is 5. The Morgan fingerprint density at radius 2 is 2.27 bits per heavy atom. The summed E-state index contributed by atoms with van der Waals surface area (Å²) in [7, 11) is 0. The number of aliphatic carboxylic acids is 1. The predicted molar refractivity (Wildman–Crippen MR) is 58.1 cm³/mol. The molecule has 3 nitrogen and oxygen atoms in total. The number of hydrogen-bond donors (Lipinski definition) is 1. The van der Waals surface area contributed by atoms with Crippen molar-refractivity contribution in [1.29, 1.82) is 0 Å². The molecule has 0 fully saturated rings. The molecule has 1 atom stereocenters. The summed E-state index contributed by atoms with van der Waals surface area (Å²) in [4.78, 5) is 10.6. The van der Waals surface area contributed by atoms with Crippen LogP contribution in [0, 0.1) is 5.92 Å². The quantitative estimate of drug-likeness (QED) is 0.807. The van der Waals surface area contributed by atoms with E-state index in [0.29, 0.717) is 0 Å². The zero-order valence-electron chi connectivity index (χ0n) is 9.06. The van der Waals surface area contributed by atoms with E-state index < -0.39 is 11.9 Å². The Labute approximate surface area is 89.7 Å². The third-order valence-corrected chi connectivity index (χ3v) is 2.23. The van der Waals surface area contributed by atoms with Gasteiger partial charge < -0.3 is 9.84 Å². The zero-order valence-corrected chi connectivity index (χ0v) is 9.06. The van der Waals surface area contributed by atoms with Crippen molar-refractivity contribution in [2.75, 3.05) is 6.61 Å². The first-order valence-electron chi connectivity index (χ1n) is 5.08. The summed E-state index contributed by atoms with van der Waals surface area (Å²) < 4.78 is 5.39. The maximum Gasteiger partial charge on any atom is 0.309 e. The lowest BCUT2D eigenvalue weighted by Gasteiger charge is -2.09. The molecule has 1 aromatic carbocycles. The van der Waals surface area contributed by atoms with Crippen molar-refractivity contribution in [3.8, 4) is 5.75 Å². The minimum Gasteiger partial charge on any atom is -0.493 e. The van der Waals surface area contributed by atoms with Crippen LogP contribution in [0.5, 0.6) is 5.75 Å². The Morgan fingerprint density at radius 1 is 1.53 bits per heavy atom. The van der Waals surface area contributed by atoms with E-state index in [1.165, 1.54) is 5.56 Å². The summed E-state index contributed by atoms with van der Waals surface area (Å²) in [6.45, 7) is 3.91. The molecule has 0 spiro atoms. The molecule has 0 aromatic heterocycles. The third kappa shape index (κ3) is 3.62. The fraction of sp³-hybridized carbons (Fsp3) is 0.417. The molecule has 1 aromatic rings. The Morgan fingerprint density at radius 3 is 2.87 bits per heavy atom. The van der Waals surface area contributed by atoms with Crippen molar-refractivity contribution in [1.82, 2.24) is 0 Å². The summed E-state index contributed by atoms with van der Waals surface area (Å²) in [5.74, 6) is -0.570. The highest BCUT2D eigenvalue weighted by Crippen LogP contribution is 2.14. The van der Waals surface area contributed by atoms with E-state index in [1.54, 1.807) is 6.92 Å². The van der Waals surface area contributed by atoms with Crippen LogP contribution in [0.15, 0.2) is 24.3 Å². The highest BCUT2D eigenvalue weighted by atomic mass is 16.5. The van der Waals surface area contributed by atoms with Crippen molar-refractivity contribution < 1.29 is 14.6 Å². The lowest BCUT2D eigenvalue weighted by molar-refractivity contribution is -0.142. The molecular formula is C12H16O3. The van der Waals surface area contributed by atoms with Crippen molar-refractivity contribution in [2.24, 2.45) is 5.92 Å². The van der Waals surface area contributed by atoms with E-state index in [4.69, 9.17) is 9.84 Å². The van der Waals surface area contributed by atoms with E-state index in [1.807, 2.05) is 24.3 Å². The molecule has 0 aliphatic heterocycles. The van der Waals surface area contributed by atoms with Gasteiger partial charge in [0.2, 0.25) is 0 Å². The fourth-order valence-corrected chi connectivity index (χ4v) is 1.15. The number of carbonyl (C=O) groups is 1. The Kier molecular flexibility index (Phi) is 4.16. The number of ether oxygens (including phenoxy) is 1. The van der Waals surface area contributed by atoms with E-state index >= 15 is 0 Å². The Hall–Kier alpha value is -1.51. The Balaban J connectivity index is 2.53. The first-order valence-corrected chi connectivity index (χ1v) is 5.08. The molecule has 0 heterocycles.